The van der Waals surface area contributed by atoms with Crippen LogP contribution >= 0.6 is 11.3 Å². The fraction of sp³-hybridized carbons (Fsp3) is 0.412. The number of anilines is 1. The molecule has 1 aliphatic rings. The average Bonchev–Trinajstić information content (AvgIpc) is 3.00. The summed E-state index contributed by atoms with van der Waals surface area (Å²) in [7, 11) is 0. The number of urea groups is 1. The predicted octanol–water partition coefficient (Wildman–Crippen LogP) is 2.65. The Bertz CT molecular complexity index is 623. The summed E-state index contributed by atoms with van der Waals surface area (Å²) >= 11 is 1.60. The summed E-state index contributed by atoms with van der Waals surface area (Å²) in [5.74, 6) is 0. The van der Waals surface area contributed by atoms with E-state index in [9.17, 15) is 4.79 Å². The van der Waals surface area contributed by atoms with Crippen molar-refractivity contribution in [2.24, 2.45) is 0 Å². The lowest BCUT2D eigenvalue weighted by Gasteiger charge is -2.19. The minimum absolute atomic E-state index is 0.178. The lowest BCUT2D eigenvalue weighted by Crippen LogP contribution is -2.37. The summed E-state index contributed by atoms with van der Waals surface area (Å²) in [5.41, 5.74) is 1.83. The molecule has 6 nitrogen and oxygen atoms in total. The van der Waals surface area contributed by atoms with Crippen LogP contribution < -0.4 is 10.6 Å². The van der Waals surface area contributed by atoms with Crippen molar-refractivity contribution in [3.63, 3.8) is 0 Å². The van der Waals surface area contributed by atoms with Gasteiger partial charge in [-0.05, 0) is 30.7 Å². The van der Waals surface area contributed by atoms with E-state index in [1.807, 2.05) is 29.6 Å². The van der Waals surface area contributed by atoms with Gasteiger partial charge in [0.1, 0.15) is 5.01 Å². The molecule has 1 aromatic heterocycles. The van der Waals surface area contributed by atoms with Gasteiger partial charge in [0.05, 0.1) is 6.61 Å². The first-order valence-electron chi connectivity index (χ1n) is 8.16. The van der Waals surface area contributed by atoms with Gasteiger partial charge in [-0.2, -0.15) is 0 Å². The molecule has 24 heavy (non-hydrogen) atoms. The summed E-state index contributed by atoms with van der Waals surface area (Å²) in [6, 6.07) is 7.53. The molecule has 2 N–H and O–H groups in total. The highest BCUT2D eigenvalue weighted by molar-refractivity contribution is 7.13. The minimum Gasteiger partial charge on any atom is -0.380 e. The molecule has 0 saturated carbocycles. The van der Waals surface area contributed by atoms with Crippen LogP contribution in [0.3, 0.4) is 0 Å². The van der Waals surface area contributed by atoms with Gasteiger partial charge in [0.2, 0.25) is 0 Å². The van der Waals surface area contributed by atoms with Crippen molar-refractivity contribution in [1.29, 1.82) is 0 Å². The minimum atomic E-state index is -0.178. The van der Waals surface area contributed by atoms with Gasteiger partial charge < -0.3 is 15.4 Å². The Labute approximate surface area is 145 Å². The van der Waals surface area contributed by atoms with E-state index in [0.29, 0.717) is 6.54 Å². The molecular weight excluding hydrogens is 324 g/mol. The van der Waals surface area contributed by atoms with Gasteiger partial charge >= 0.3 is 6.03 Å². The standard InChI is InChI=1S/C17H22N4O2S/c22-17(19-6-9-21-8-1-11-23-12-10-21)20-15-4-2-14(3-5-15)16-18-7-13-24-16/h2-5,7,13H,1,6,8-12H2,(H2,19,20,22). The Hall–Kier alpha value is -1.96. The number of amides is 2. The number of thiazole rings is 1. The van der Waals surface area contributed by atoms with Crippen molar-refractivity contribution in [2.45, 2.75) is 6.42 Å². The highest BCUT2D eigenvalue weighted by Crippen LogP contribution is 2.23. The molecule has 0 spiro atoms. The van der Waals surface area contributed by atoms with Crippen LogP contribution in [0, 0.1) is 0 Å². The third-order valence-corrected chi connectivity index (χ3v) is 4.67. The number of nitrogens with zero attached hydrogens (tertiary/aromatic N) is 2. The number of benzene rings is 1. The van der Waals surface area contributed by atoms with Gasteiger partial charge in [-0.25, -0.2) is 9.78 Å². The number of carbonyl (C=O) groups is 1. The quantitative estimate of drug-likeness (QED) is 0.873. The molecule has 0 unspecified atom stereocenters. The predicted molar refractivity (Wildman–Crippen MR) is 96.4 cm³/mol. The topological polar surface area (TPSA) is 66.5 Å². The van der Waals surface area contributed by atoms with Gasteiger partial charge in [-0.1, -0.05) is 0 Å². The summed E-state index contributed by atoms with van der Waals surface area (Å²) in [5, 5.41) is 8.68. The number of hydrogen-bond donors (Lipinski definition) is 2. The van der Waals surface area contributed by atoms with E-state index in [-0.39, 0.29) is 6.03 Å². The maximum Gasteiger partial charge on any atom is 0.319 e. The van der Waals surface area contributed by atoms with E-state index in [2.05, 4.69) is 20.5 Å². The van der Waals surface area contributed by atoms with E-state index in [0.717, 1.165) is 55.5 Å². The zero-order chi connectivity index (χ0) is 16.6. The van der Waals surface area contributed by atoms with Crippen LogP contribution in [0.4, 0.5) is 10.5 Å². The molecule has 7 heteroatoms. The summed E-state index contributed by atoms with van der Waals surface area (Å²) in [4.78, 5) is 18.5. The molecule has 2 aromatic rings. The fourth-order valence-corrected chi connectivity index (χ4v) is 3.23. The van der Waals surface area contributed by atoms with Crippen LogP contribution in [-0.2, 0) is 4.74 Å². The van der Waals surface area contributed by atoms with Crippen LogP contribution in [0.15, 0.2) is 35.8 Å². The molecule has 0 radical (unpaired) electrons. The van der Waals surface area contributed by atoms with E-state index in [1.165, 1.54) is 0 Å². The van der Waals surface area contributed by atoms with Crippen LogP contribution in [0.2, 0.25) is 0 Å². The van der Waals surface area contributed by atoms with Crippen LogP contribution in [0.1, 0.15) is 6.42 Å². The largest absolute Gasteiger partial charge is 0.380 e. The molecule has 0 bridgehead atoms. The number of carbonyl (C=O) groups excluding carboxylic acids is 1. The van der Waals surface area contributed by atoms with Gasteiger partial charge in [0.15, 0.2) is 0 Å². The Morgan fingerprint density at radius 3 is 2.92 bits per heavy atom. The normalized spacial score (nSPS) is 15.7. The van der Waals surface area contributed by atoms with Gasteiger partial charge in [0.25, 0.3) is 0 Å². The maximum atomic E-state index is 12.0. The number of ether oxygens (including phenoxy) is 1. The van der Waals surface area contributed by atoms with Gasteiger partial charge in [-0.3, -0.25) is 4.90 Å². The lowest BCUT2D eigenvalue weighted by molar-refractivity contribution is 0.141. The van der Waals surface area contributed by atoms with Crippen LogP contribution in [0.5, 0.6) is 0 Å². The fourth-order valence-electron chi connectivity index (χ4n) is 2.59. The summed E-state index contributed by atoms with van der Waals surface area (Å²) < 4.78 is 5.42. The second-order valence-corrected chi connectivity index (χ2v) is 6.50. The van der Waals surface area contributed by atoms with Gasteiger partial charge in [-0.15, -0.1) is 11.3 Å². The molecule has 3 rings (SSSR count). The molecular formula is C17H22N4O2S. The van der Waals surface area contributed by atoms with Gasteiger partial charge in [0, 0.05) is 55.6 Å². The Morgan fingerprint density at radius 1 is 1.25 bits per heavy atom. The first-order valence-corrected chi connectivity index (χ1v) is 9.04. The first kappa shape index (κ1) is 16.9. The van der Waals surface area contributed by atoms with Crippen molar-refractivity contribution < 1.29 is 9.53 Å². The number of hydrogen-bond acceptors (Lipinski definition) is 5. The zero-order valence-electron chi connectivity index (χ0n) is 13.5. The lowest BCUT2D eigenvalue weighted by atomic mass is 10.2. The van der Waals surface area contributed by atoms with E-state index < -0.39 is 0 Å². The summed E-state index contributed by atoms with van der Waals surface area (Å²) in [6.45, 7) is 5.05. The third kappa shape index (κ3) is 5.02. The Balaban J connectivity index is 1.41. The number of nitrogens with one attached hydrogen (secondary N) is 2. The molecule has 2 amide bonds. The highest BCUT2D eigenvalue weighted by atomic mass is 32.1. The SMILES string of the molecule is O=C(NCCN1CCCOCC1)Nc1ccc(-c2nccs2)cc1. The summed E-state index contributed by atoms with van der Waals surface area (Å²) in [6.07, 6.45) is 2.84. The van der Waals surface area contributed by atoms with Crippen molar-refractivity contribution in [2.75, 3.05) is 44.7 Å². The molecule has 1 fully saturated rings. The van der Waals surface area contributed by atoms with Crippen molar-refractivity contribution in [1.82, 2.24) is 15.2 Å². The second kappa shape index (κ2) is 8.77. The molecule has 1 saturated heterocycles. The maximum absolute atomic E-state index is 12.0. The number of aromatic nitrogens is 1. The van der Waals surface area contributed by atoms with E-state index >= 15 is 0 Å². The average molecular weight is 346 g/mol. The highest BCUT2D eigenvalue weighted by Gasteiger charge is 2.09. The van der Waals surface area contributed by atoms with Crippen molar-refractivity contribution >= 4 is 23.1 Å². The van der Waals surface area contributed by atoms with E-state index in [4.69, 9.17) is 4.74 Å². The first-order chi connectivity index (χ1) is 11.8. The van der Waals surface area contributed by atoms with Crippen molar-refractivity contribution in [3.8, 4) is 10.6 Å². The monoisotopic (exact) mass is 346 g/mol. The Morgan fingerprint density at radius 2 is 2.12 bits per heavy atom. The molecule has 0 atom stereocenters. The molecule has 128 valence electrons. The van der Waals surface area contributed by atoms with Crippen LogP contribution in [0.25, 0.3) is 10.6 Å². The second-order valence-electron chi connectivity index (χ2n) is 5.60. The third-order valence-electron chi connectivity index (χ3n) is 3.85. The smallest absolute Gasteiger partial charge is 0.319 e. The molecule has 1 aromatic carbocycles. The van der Waals surface area contributed by atoms with Crippen molar-refractivity contribution in [3.05, 3.63) is 35.8 Å². The molecule has 0 aliphatic carbocycles. The zero-order valence-corrected chi connectivity index (χ0v) is 14.3. The van der Waals surface area contributed by atoms with Crippen LogP contribution in [-0.4, -0.2) is 55.3 Å². The Kier molecular flexibility index (Phi) is 6.17. The van der Waals surface area contributed by atoms with E-state index in [1.54, 1.807) is 17.5 Å². The number of rotatable bonds is 5. The molecule has 2 heterocycles. The molecule has 1 aliphatic heterocycles.